The maximum absolute atomic E-state index is 13.5. The molecule has 1 saturated carbocycles. The normalized spacial score (nSPS) is 18.9. The van der Waals surface area contributed by atoms with Crippen LogP contribution >= 0.6 is 27.5 Å². The van der Waals surface area contributed by atoms with Crippen molar-refractivity contribution in [2.24, 2.45) is 0 Å². The second-order valence-electron chi connectivity index (χ2n) is 7.84. The van der Waals surface area contributed by atoms with Crippen LogP contribution in [0.15, 0.2) is 46.9 Å². The zero-order valence-corrected chi connectivity index (χ0v) is 19.2. The summed E-state index contributed by atoms with van der Waals surface area (Å²) in [5, 5.41) is 11.2. The van der Waals surface area contributed by atoms with Gasteiger partial charge in [0.25, 0.3) is 17.5 Å². The highest BCUT2D eigenvalue weighted by Gasteiger charge is 2.47. The molecule has 0 aromatic heterocycles. The fraction of sp³-hybridized carbons (Fsp3) is 0.318. The molecule has 2 aromatic rings. The van der Waals surface area contributed by atoms with Gasteiger partial charge in [-0.2, -0.15) is 0 Å². The molecule has 8 nitrogen and oxygen atoms in total. The van der Waals surface area contributed by atoms with E-state index in [1.54, 1.807) is 24.3 Å². The van der Waals surface area contributed by atoms with E-state index in [4.69, 9.17) is 11.6 Å². The second-order valence-corrected chi connectivity index (χ2v) is 9.16. The van der Waals surface area contributed by atoms with Crippen LogP contribution in [0, 0.1) is 10.1 Å². The Balaban J connectivity index is 1.70. The minimum Gasteiger partial charge on any atom is -0.323 e. The van der Waals surface area contributed by atoms with Crippen molar-refractivity contribution in [3.05, 3.63) is 67.6 Å². The molecule has 2 fully saturated rings. The first-order valence-electron chi connectivity index (χ1n) is 10.2. The second kappa shape index (κ2) is 8.99. The third-order valence-corrected chi connectivity index (χ3v) is 6.73. The summed E-state index contributed by atoms with van der Waals surface area (Å²) in [6.07, 6.45) is 3.09. The van der Waals surface area contributed by atoms with E-state index in [0.29, 0.717) is 18.5 Å². The van der Waals surface area contributed by atoms with E-state index in [2.05, 4.69) is 15.9 Å². The molecule has 0 radical (unpaired) electrons. The van der Waals surface area contributed by atoms with Crippen LogP contribution in [0.2, 0.25) is 5.02 Å². The van der Waals surface area contributed by atoms with Crippen molar-refractivity contribution in [3.8, 4) is 0 Å². The Kier molecular flexibility index (Phi) is 6.30. The molecule has 4 rings (SSSR count). The topological polar surface area (TPSA) is 101 Å². The van der Waals surface area contributed by atoms with Gasteiger partial charge in [-0.05, 0) is 49.2 Å². The monoisotopic (exact) mass is 519 g/mol. The number of hydrogen-bond acceptors (Lipinski definition) is 5. The maximum atomic E-state index is 13.5. The summed E-state index contributed by atoms with van der Waals surface area (Å²) in [5.41, 5.74) is 0.121. The number of benzene rings is 2. The van der Waals surface area contributed by atoms with Gasteiger partial charge in [-0.25, -0.2) is 4.90 Å². The van der Waals surface area contributed by atoms with Crippen molar-refractivity contribution in [1.82, 2.24) is 4.90 Å². The fourth-order valence-electron chi connectivity index (χ4n) is 4.37. The Labute approximate surface area is 197 Å². The molecule has 1 unspecified atom stereocenters. The van der Waals surface area contributed by atoms with Gasteiger partial charge in [-0.15, -0.1) is 0 Å². The average Bonchev–Trinajstić information content (AvgIpc) is 3.38. The maximum Gasteiger partial charge on any atom is 0.288 e. The number of carbonyl (C=O) groups is 3. The molecule has 10 heteroatoms. The minimum atomic E-state index is -0.962. The molecular weight excluding hydrogens is 502 g/mol. The smallest absolute Gasteiger partial charge is 0.288 e. The van der Waals surface area contributed by atoms with Gasteiger partial charge >= 0.3 is 0 Å². The van der Waals surface area contributed by atoms with Crippen LogP contribution in [0.3, 0.4) is 0 Å². The van der Waals surface area contributed by atoms with Gasteiger partial charge < -0.3 is 4.90 Å². The molecule has 0 N–H and O–H groups in total. The number of anilines is 1. The van der Waals surface area contributed by atoms with Gasteiger partial charge in [0.15, 0.2) is 0 Å². The van der Waals surface area contributed by atoms with Crippen molar-refractivity contribution in [3.63, 3.8) is 0 Å². The molecular formula is C22H19BrClN3O5. The molecule has 1 atom stereocenters. The number of nitro groups is 1. The highest BCUT2D eigenvalue weighted by atomic mass is 79.9. The molecule has 166 valence electrons. The van der Waals surface area contributed by atoms with Gasteiger partial charge in [0.05, 0.1) is 17.0 Å². The molecule has 1 aliphatic heterocycles. The van der Waals surface area contributed by atoms with Crippen LogP contribution in [0.25, 0.3) is 0 Å². The lowest BCUT2D eigenvalue weighted by molar-refractivity contribution is -0.384. The molecule has 0 bridgehead atoms. The number of nitro benzene ring substituents is 1. The molecule has 3 amide bonds. The van der Waals surface area contributed by atoms with E-state index in [-0.39, 0.29) is 34.6 Å². The fourth-order valence-corrected chi connectivity index (χ4v) is 4.82. The van der Waals surface area contributed by atoms with Crippen LogP contribution in [-0.4, -0.2) is 39.6 Å². The third kappa shape index (κ3) is 4.14. The number of carbonyl (C=O) groups excluding carboxylic acids is 3. The van der Waals surface area contributed by atoms with Crippen LogP contribution in [0.1, 0.15) is 42.5 Å². The summed E-state index contributed by atoms with van der Waals surface area (Å²) in [6.45, 7) is 0. The summed E-state index contributed by atoms with van der Waals surface area (Å²) in [4.78, 5) is 52.8. The van der Waals surface area contributed by atoms with Crippen molar-refractivity contribution in [1.29, 1.82) is 0 Å². The van der Waals surface area contributed by atoms with Gasteiger partial charge in [-0.3, -0.25) is 24.5 Å². The largest absolute Gasteiger partial charge is 0.323 e. The Hall–Kier alpha value is -2.78. The van der Waals surface area contributed by atoms with Crippen LogP contribution < -0.4 is 4.90 Å². The minimum absolute atomic E-state index is 0.0651. The molecule has 2 aliphatic rings. The van der Waals surface area contributed by atoms with E-state index in [1.807, 2.05) is 0 Å². The molecule has 1 saturated heterocycles. The summed E-state index contributed by atoms with van der Waals surface area (Å²) in [6, 6.07) is 9.44. The van der Waals surface area contributed by atoms with Gasteiger partial charge in [0.1, 0.15) is 11.1 Å². The summed E-state index contributed by atoms with van der Waals surface area (Å²) >= 11 is 9.23. The summed E-state index contributed by atoms with van der Waals surface area (Å²) < 4.78 is 0.809. The number of hydrogen-bond donors (Lipinski definition) is 0. The highest BCUT2D eigenvalue weighted by molar-refractivity contribution is 9.10. The molecule has 32 heavy (non-hydrogen) atoms. The third-order valence-electron chi connectivity index (χ3n) is 5.89. The van der Waals surface area contributed by atoms with E-state index < -0.39 is 22.8 Å². The Morgan fingerprint density at radius 3 is 2.41 bits per heavy atom. The van der Waals surface area contributed by atoms with Crippen LogP contribution in [0.4, 0.5) is 11.4 Å². The van der Waals surface area contributed by atoms with Gasteiger partial charge in [-0.1, -0.05) is 40.4 Å². The number of amides is 3. The lowest BCUT2D eigenvalue weighted by Gasteiger charge is -2.33. The molecule has 0 spiro atoms. The number of rotatable bonds is 5. The Bertz CT molecular complexity index is 1100. The number of halogens is 2. The zero-order valence-electron chi connectivity index (χ0n) is 16.9. The van der Waals surface area contributed by atoms with E-state index in [1.165, 1.54) is 17.0 Å². The van der Waals surface area contributed by atoms with Crippen molar-refractivity contribution >= 4 is 56.6 Å². The molecule has 2 aromatic carbocycles. The summed E-state index contributed by atoms with van der Waals surface area (Å²) in [5.74, 6) is -1.37. The van der Waals surface area contributed by atoms with Crippen molar-refractivity contribution in [2.45, 2.75) is 44.2 Å². The lowest BCUT2D eigenvalue weighted by atomic mass is 10.1. The van der Waals surface area contributed by atoms with E-state index in [0.717, 1.165) is 28.3 Å². The van der Waals surface area contributed by atoms with Crippen LogP contribution in [-0.2, 0) is 9.59 Å². The highest BCUT2D eigenvalue weighted by Crippen LogP contribution is 2.34. The number of imide groups is 1. The first-order chi connectivity index (χ1) is 15.3. The zero-order chi connectivity index (χ0) is 23.0. The average molecular weight is 521 g/mol. The Morgan fingerprint density at radius 2 is 1.78 bits per heavy atom. The van der Waals surface area contributed by atoms with Gasteiger partial charge in [0, 0.05) is 22.1 Å². The van der Waals surface area contributed by atoms with Gasteiger partial charge in [0.2, 0.25) is 5.91 Å². The summed E-state index contributed by atoms with van der Waals surface area (Å²) in [7, 11) is 0. The van der Waals surface area contributed by atoms with Crippen LogP contribution in [0.5, 0.6) is 0 Å². The standard InChI is InChI=1S/C22H19BrClN3O5/c23-14-6-8-16(9-7-14)26-20(28)12-19(22(26)30)25(15-3-1-2-4-15)21(29)13-5-10-17(24)18(11-13)27(31)32/h5-11,15,19H,1-4,12H2. The molecule has 1 heterocycles. The predicted molar refractivity (Wildman–Crippen MR) is 122 cm³/mol. The molecule has 1 aliphatic carbocycles. The van der Waals surface area contributed by atoms with Crippen molar-refractivity contribution < 1.29 is 19.3 Å². The van der Waals surface area contributed by atoms with E-state index in [9.17, 15) is 24.5 Å². The first-order valence-corrected chi connectivity index (χ1v) is 11.3. The lowest BCUT2D eigenvalue weighted by Crippen LogP contribution is -2.50. The predicted octanol–water partition coefficient (Wildman–Crippen LogP) is 4.73. The van der Waals surface area contributed by atoms with Crippen molar-refractivity contribution in [2.75, 3.05) is 4.90 Å². The SMILES string of the molecule is O=C1CC(N(C(=O)c2ccc(Cl)c([N+](=O)[O-])c2)C2CCCC2)C(=O)N1c1ccc(Br)cc1. The Morgan fingerprint density at radius 1 is 1.12 bits per heavy atom. The first kappa shape index (κ1) is 22.4. The van der Waals surface area contributed by atoms with E-state index >= 15 is 0 Å². The number of nitrogens with zero attached hydrogens (tertiary/aromatic N) is 3. The quantitative estimate of drug-likeness (QED) is 0.322.